The van der Waals surface area contributed by atoms with Crippen molar-refractivity contribution in [1.82, 2.24) is 0 Å². The molecule has 0 aromatic heterocycles. The summed E-state index contributed by atoms with van der Waals surface area (Å²) in [7, 11) is 0. The molecule has 3 rings (SSSR count). The third kappa shape index (κ3) is 2.10. The van der Waals surface area contributed by atoms with Crippen molar-refractivity contribution in [3.63, 3.8) is 0 Å². The van der Waals surface area contributed by atoms with E-state index in [1.807, 2.05) is 30.3 Å². The summed E-state index contributed by atoms with van der Waals surface area (Å²) >= 11 is 0. The van der Waals surface area contributed by atoms with E-state index in [1.54, 1.807) is 0 Å². The molecule has 96 valence electrons. The highest BCUT2D eigenvalue weighted by Gasteiger charge is 2.29. The van der Waals surface area contributed by atoms with Gasteiger partial charge in [0, 0.05) is 24.0 Å². The van der Waals surface area contributed by atoms with E-state index in [-0.39, 0.29) is 23.9 Å². The van der Waals surface area contributed by atoms with Gasteiger partial charge in [0.05, 0.1) is 5.69 Å². The predicted octanol–water partition coefficient (Wildman–Crippen LogP) is 3.44. The fourth-order valence-corrected chi connectivity index (χ4v) is 2.50. The van der Waals surface area contributed by atoms with E-state index < -0.39 is 11.6 Å². The maximum Gasteiger partial charge on any atom is 0.225 e. The van der Waals surface area contributed by atoms with Gasteiger partial charge in [0.25, 0.3) is 0 Å². The van der Waals surface area contributed by atoms with E-state index in [0.29, 0.717) is 5.56 Å². The first-order chi connectivity index (χ1) is 9.15. The van der Waals surface area contributed by atoms with Crippen LogP contribution < -0.4 is 5.32 Å². The molecule has 1 unspecified atom stereocenters. The normalized spacial score (nSPS) is 17.8. The monoisotopic (exact) mass is 259 g/mol. The molecule has 0 spiro atoms. The zero-order valence-electron chi connectivity index (χ0n) is 9.99. The lowest BCUT2D eigenvalue weighted by Gasteiger charge is -2.26. The number of nitrogens with one attached hydrogen (secondary N) is 1. The summed E-state index contributed by atoms with van der Waals surface area (Å²) in [6.07, 6.45) is 0.166. The Hall–Kier alpha value is -2.23. The number of halogens is 2. The molecule has 2 aromatic rings. The number of benzene rings is 2. The number of carbonyl (C=O) groups is 1. The van der Waals surface area contributed by atoms with Crippen molar-refractivity contribution >= 4 is 11.6 Å². The molecule has 0 saturated heterocycles. The van der Waals surface area contributed by atoms with Crippen molar-refractivity contribution in [3.8, 4) is 0 Å². The summed E-state index contributed by atoms with van der Waals surface area (Å²) in [6, 6.07) is 11.2. The number of anilines is 1. The molecule has 1 N–H and O–H groups in total. The Morgan fingerprint density at radius 2 is 1.84 bits per heavy atom. The first-order valence-electron chi connectivity index (χ1n) is 5.99. The molecular weight excluding hydrogens is 248 g/mol. The van der Waals surface area contributed by atoms with Crippen molar-refractivity contribution in [2.24, 2.45) is 0 Å². The summed E-state index contributed by atoms with van der Waals surface area (Å²) in [5, 5.41) is 2.52. The maximum absolute atomic E-state index is 14.0. The van der Waals surface area contributed by atoms with Crippen LogP contribution in [0, 0.1) is 11.6 Å². The Labute approximate surface area is 109 Å². The molecule has 19 heavy (non-hydrogen) atoms. The first kappa shape index (κ1) is 11.8. The van der Waals surface area contributed by atoms with Gasteiger partial charge in [-0.25, -0.2) is 8.78 Å². The molecule has 0 bridgehead atoms. The van der Waals surface area contributed by atoms with E-state index in [0.717, 1.165) is 17.7 Å². The highest BCUT2D eigenvalue weighted by atomic mass is 19.1. The molecule has 0 fully saturated rings. The lowest BCUT2D eigenvalue weighted by molar-refractivity contribution is -0.116. The molecular formula is C15H11F2NO. The standard InChI is InChI=1S/C15H11F2NO/c16-10-6-12(17)15-11(9-4-2-1-3-5-9)8-14(19)18-13(15)7-10/h1-7,11H,8H2,(H,18,19). The molecule has 1 aliphatic rings. The SMILES string of the molecule is O=C1CC(c2ccccc2)c2c(F)cc(F)cc2N1. The third-order valence-electron chi connectivity index (χ3n) is 3.31. The van der Waals surface area contributed by atoms with Gasteiger partial charge in [0.15, 0.2) is 0 Å². The Kier molecular flexibility index (Phi) is 2.78. The molecule has 0 saturated carbocycles. The topological polar surface area (TPSA) is 29.1 Å². The van der Waals surface area contributed by atoms with Gasteiger partial charge < -0.3 is 5.32 Å². The molecule has 0 radical (unpaired) electrons. The van der Waals surface area contributed by atoms with Crippen molar-refractivity contribution < 1.29 is 13.6 Å². The second-order valence-corrected chi connectivity index (χ2v) is 4.56. The van der Waals surface area contributed by atoms with E-state index in [9.17, 15) is 13.6 Å². The second-order valence-electron chi connectivity index (χ2n) is 4.56. The summed E-state index contributed by atoms with van der Waals surface area (Å²) < 4.78 is 27.2. The summed E-state index contributed by atoms with van der Waals surface area (Å²) in [4.78, 5) is 11.7. The van der Waals surface area contributed by atoms with Crippen LogP contribution in [0.5, 0.6) is 0 Å². The minimum atomic E-state index is -0.690. The fraction of sp³-hybridized carbons (Fsp3) is 0.133. The highest BCUT2D eigenvalue weighted by Crippen LogP contribution is 2.38. The number of fused-ring (bicyclic) bond motifs is 1. The van der Waals surface area contributed by atoms with E-state index >= 15 is 0 Å². The van der Waals surface area contributed by atoms with Crippen LogP contribution in [0.3, 0.4) is 0 Å². The fourth-order valence-electron chi connectivity index (χ4n) is 2.50. The molecule has 1 heterocycles. The van der Waals surface area contributed by atoms with Crippen LogP contribution in [0.2, 0.25) is 0 Å². The van der Waals surface area contributed by atoms with Crippen LogP contribution in [0.1, 0.15) is 23.5 Å². The average molecular weight is 259 g/mol. The Bertz CT molecular complexity index is 640. The van der Waals surface area contributed by atoms with E-state index in [2.05, 4.69) is 5.32 Å². The van der Waals surface area contributed by atoms with Gasteiger partial charge >= 0.3 is 0 Å². The summed E-state index contributed by atoms with van der Waals surface area (Å²) in [6.45, 7) is 0. The molecule has 4 heteroatoms. The van der Waals surface area contributed by atoms with Crippen molar-refractivity contribution in [2.45, 2.75) is 12.3 Å². The average Bonchev–Trinajstić information content (AvgIpc) is 2.38. The summed E-state index contributed by atoms with van der Waals surface area (Å²) in [5.74, 6) is -1.91. The number of amides is 1. The molecule has 1 amide bonds. The van der Waals surface area contributed by atoms with Crippen LogP contribution in [0.25, 0.3) is 0 Å². The molecule has 0 aliphatic carbocycles. The third-order valence-corrected chi connectivity index (χ3v) is 3.31. The first-order valence-corrected chi connectivity index (χ1v) is 5.99. The van der Waals surface area contributed by atoms with E-state index in [4.69, 9.17) is 0 Å². The number of carbonyl (C=O) groups excluding carboxylic acids is 1. The smallest absolute Gasteiger partial charge is 0.225 e. The summed E-state index contributed by atoms with van der Waals surface area (Å²) in [5.41, 5.74) is 1.43. The number of rotatable bonds is 1. The molecule has 2 aromatic carbocycles. The Morgan fingerprint density at radius 3 is 2.58 bits per heavy atom. The van der Waals surface area contributed by atoms with Crippen LogP contribution in [-0.4, -0.2) is 5.91 Å². The van der Waals surface area contributed by atoms with Gasteiger partial charge in [-0.15, -0.1) is 0 Å². The van der Waals surface area contributed by atoms with Crippen LogP contribution in [0.15, 0.2) is 42.5 Å². The highest BCUT2D eigenvalue weighted by molar-refractivity contribution is 5.95. The minimum absolute atomic E-state index is 0.166. The molecule has 2 nitrogen and oxygen atoms in total. The largest absolute Gasteiger partial charge is 0.326 e. The van der Waals surface area contributed by atoms with Crippen LogP contribution in [-0.2, 0) is 4.79 Å². The lowest BCUT2D eigenvalue weighted by atomic mass is 9.84. The zero-order chi connectivity index (χ0) is 13.4. The van der Waals surface area contributed by atoms with Gasteiger partial charge in [-0.2, -0.15) is 0 Å². The predicted molar refractivity (Wildman–Crippen MR) is 67.9 cm³/mol. The number of hydrogen-bond acceptors (Lipinski definition) is 1. The van der Waals surface area contributed by atoms with Gasteiger partial charge in [0.2, 0.25) is 5.91 Å². The zero-order valence-corrected chi connectivity index (χ0v) is 9.99. The quantitative estimate of drug-likeness (QED) is 0.835. The van der Waals surface area contributed by atoms with Crippen LogP contribution >= 0.6 is 0 Å². The van der Waals surface area contributed by atoms with Gasteiger partial charge in [-0.3, -0.25) is 4.79 Å². The Morgan fingerprint density at radius 1 is 1.11 bits per heavy atom. The maximum atomic E-state index is 14.0. The Balaban J connectivity index is 2.17. The van der Waals surface area contributed by atoms with Crippen LogP contribution in [0.4, 0.5) is 14.5 Å². The lowest BCUT2D eigenvalue weighted by Crippen LogP contribution is -2.24. The van der Waals surface area contributed by atoms with Crippen molar-refractivity contribution in [3.05, 3.63) is 65.2 Å². The second kappa shape index (κ2) is 4.46. The molecule has 1 aliphatic heterocycles. The van der Waals surface area contributed by atoms with Gasteiger partial charge in [0.1, 0.15) is 11.6 Å². The van der Waals surface area contributed by atoms with Crippen molar-refractivity contribution in [1.29, 1.82) is 0 Å². The van der Waals surface area contributed by atoms with E-state index in [1.165, 1.54) is 0 Å². The van der Waals surface area contributed by atoms with Gasteiger partial charge in [-0.1, -0.05) is 30.3 Å². The molecule has 1 atom stereocenters. The minimum Gasteiger partial charge on any atom is -0.326 e. The number of hydrogen-bond donors (Lipinski definition) is 1. The van der Waals surface area contributed by atoms with Crippen molar-refractivity contribution in [2.75, 3.05) is 5.32 Å². The van der Waals surface area contributed by atoms with Gasteiger partial charge in [-0.05, 0) is 11.6 Å².